The first-order valence-corrected chi connectivity index (χ1v) is 7.86. The first-order chi connectivity index (χ1) is 11.6. The van der Waals surface area contributed by atoms with Gasteiger partial charge in [0.05, 0.1) is 26.1 Å². The predicted octanol–water partition coefficient (Wildman–Crippen LogP) is 0.552. The summed E-state index contributed by atoms with van der Waals surface area (Å²) in [5, 5.41) is 10.8. The number of hydrogen-bond acceptors (Lipinski definition) is 5. The minimum atomic E-state index is -1.24. The van der Waals surface area contributed by atoms with Crippen LogP contribution in [0.25, 0.3) is 0 Å². The number of β-amino-alcohol motifs (C(OH)–C–C–N with tert-alkyl or cyclic N) is 1. The van der Waals surface area contributed by atoms with Crippen LogP contribution in [0.2, 0.25) is 0 Å². The lowest BCUT2D eigenvalue weighted by Gasteiger charge is -2.30. The summed E-state index contributed by atoms with van der Waals surface area (Å²) >= 11 is 0. The third-order valence-corrected chi connectivity index (χ3v) is 3.84. The Morgan fingerprint density at radius 1 is 1.38 bits per heavy atom. The number of amides is 1. The number of aromatic nitrogens is 2. The van der Waals surface area contributed by atoms with Crippen LogP contribution in [0.3, 0.4) is 0 Å². The van der Waals surface area contributed by atoms with Crippen LogP contribution in [-0.4, -0.2) is 64.0 Å². The average Bonchev–Trinajstić information content (AvgIpc) is 3.02. The van der Waals surface area contributed by atoms with E-state index in [9.17, 15) is 9.90 Å². The van der Waals surface area contributed by atoms with Crippen molar-refractivity contribution in [1.29, 1.82) is 0 Å². The number of hydrogen-bond donors (Lipinski definition) is 1. The van der Waals surface area contributed by atoms with Crippen LogP contribution < -0.4 is 4.74 Å². The number of rotatable bonds is 5. The van der Waals surface area contributed by atoms with E-state index in [0.717, 1.165) is 0 Å². The normalized spacial score (nSPS) is 21.3. The third kappa shape index (κ3) is 4.33. The molecule has 128 valence electrons. The van der Waals surface area contributed by atoms with Gasteiger partial charge in [-0.25, -0.2) is 4.98 Å². The first kappa shape index (κ1) is 16.5. The van der Waals surface area contributed by atoms with Crippen molar-refractivity contribution in [2.45, 2.75) is 12.1 Å². The summed E-state index contributed by atoms with van der Waals surface area (Å²) in [5.74, 6) is 0.586. The minimum Gasteiger partial charge on any atom is -0.490 e. The maximum Gasteiger partial charge on any atom is 0.242 e. The largest absolute Gasteiger partial charge is 0.490 e. The fourth-order valence-electron chi connectivity index (χ4n) is 2.59. The van der Waals surface area contributed by atoms with E-state index in [0.29, 0.717) is 18.9 Å². The molecule has 1 aliphatic rings. The highest BCUT2D eigenvalue weighted by molar-refractivity contribution is 5.76. The second-order valence-electron chi connectivity index (χ2n) is 5.93. The lowest BCUT2D eigenvalue weighted by molar-refractivity contribution is -0.135. The topological polar surface area (TPSA) is 76.8 Å². The van der Waals surface area contributed by atoms with Gasteiger partial charge in [0.15, 0.2) is 0 Å². The van der Waals surface area contributed by atoms with Crippen molar-refractivity contribution in [3.63, 3.8) is 0 Å². The highest BCUT2D eigenvalue weighted by Gasteiger charge is 2.35. The van der Waals surface area contributed by atoms with E-state index >= 15 is 0 Å². The van der Waals surface area contributed by atoms with E-state index in [-0.39, 0.29) is 32.2 Å². The molecular weight excluding hydrogens is 310 g/mol. The fraction of sp³-hybridized carbons (Fsp3) is 0.412. The summed E-state index contributed by atoms with van der Waals surface area (Å²) in [5.41, 5.74) is -1.24. The number of carbonyl (C=O) groups excluding carboxylic acids is 1. The molecule has 2 heterocycles. The van der Waals surface area contributed by atoms with Crippen molar-refractivity contribution >= 4 is 5.91 Å². The molecule has 7 heteroatoms. The van der Waals surface area contributed by atoms with Gasteiger partial charge in [-0.3, -0.25) is 4.79 Å². The van der Waals surface area contributed by atoms with Crippen LogP contribution >= 0.6 is 0 Å². The molecular formula is C17H21N3O4. The van der Waals surface area contributed by atoms with Crippen molar-refractivity contribution in [1.82, 2.24) is 14.5 Å². The van der Waals surface area contributed by atoms with Crippen LogP contribution in [-0.2, 0) is 16.1 Å². The SMILES string of the molecule is O=C(Cn1ccnc1)N1CCOC[C@@](O)(COc2ccccc2)C1. The Balaban J connectivity index is 1.61. The Hall–Kier alpha value is -2.38. The Labute approximate surface area is 140 Å². The summed E-state index contributed by atoms with van der Waals surface area (Å²) in [7, 11) is 0. The van der Waals surface area contributed by atoms with Gasteiger partial charge in [-0.15, -0.1) is 0 Å². The predicted molar refractivity (Wildman–Crippen MR) is 86.5 cm³/mol. The second-order valence-corrected chi connectivity index (χ2v) is 5.93. The van der Waals surface area contributed by atoms with Gasteiger partial charge in [-0.1, -0.05) is 18.2 Å². The van der Waals surface area contributed by atoms with E-state index in [1.807, 2.05) is 30.3 Å². The summed E-state index contributed by atoms with van der Waals surface area (Å²) in [6.07, 6.45) is 4.96. The Bertz CT molecular complexity index is 647. The fourth-order valence-corrected chi connectivity index (χ4v) is 2.59. The second kappa shape index (κ2) is 7.46. The summed E-state index contributed by atoms with van der Waals surface area (Å²) in [6.45, 7) is 1.40. The molecule has 1 saturated heterocycles. The number of aliphatic hydroxyl groups is 1. The van der Waals surface area contributed by atoms with Crippen molar-refractivity contribution in [3.8, 4) is 5.75 Å². The zero-order chi connectivity index (χ0) is 16.8. The lowest BCUT2D eigenvalue weighted by Crippen LogP contribution is -2.50. The van der Waals surface area contributed by atoms with Crippen LogP contribution in [0, 0.1) is 0 Å². The van der Waals surface area contributed by atoms with Gasteiger partial charge >= 0.3 is 0 Å². The molecule has 0 spiro atoms. The number of nitrogens with zero attached hydrogens (tertiary/aromatic N) is 3. The Morgan fingerprint density at radius 2 is 2.21 bits per heavy atom. The Kier molecular flexibility index (Phi) is 5.12. The number of para-hydroxylation sites is 1. The molecule has 1 aromatic carbocycles. The van der Waals surface area contributed by atoms with Gasteiger partial charge in [0.2, 0.25) is 5.91 Å². The van der Waals surface area contributed by atoms with Gasteiger partial charge in [0, 0.05) is 18.9 Å². The molecule has 1 aliphatic heterocycles. The van der Waals surface area contributed by atoms with Crippen molar-refractivity contribution in [3.05, 3.63) is 49.1 Å². The highest BCUT2D eigenvalue weighted by Crippen LogP contribution is 2.17. The lowest BCUT2D eigenvalue weighted by atomic mass is 10.1. The smallest absolute Gasteiger partial charge is 0.242 e. The van der Waals surface area contributed by atoms with Gasteiger partial charge in [0.25, 0.3) is 0 Å². The molecule has 1 amide bonds. The van der Waals surface area contributed by atoms with Gasteiger partial charge in [-0.05, 0) is 12.1 Å². The standard InChI is InChI=1S/C17H21N3O4/c21-16(10-19-7-6-18-14-19)20-8-9-23-12-17(22,11-20)13-24-15-4-2-1-3-5-15/h1-7,14,22H,8-13H2/t17-/m1/s1. The quantitative estimate of drug-likeness (QED) is 0.866. The third-order valence-electron chi connectivity index (χ3n) is 3.84. The van der Waals surface area contributed by atoms with Gasteiger partial charge < -0.3 is 24.0 Å². The molecule has 1 aromatic heterocycles. The number of ether oxygens (including phenoxy) is 2. The van der Waals surface area contributed by atoms with Crippen LogP contribution in [0.15, 0.2) is 49.1 Å². The zero-order valence-corrected chi connectivity index (χ0v) is 13.4. The average molecular weight is 331 g/mol. The zero-order valence-electron chi connectivity index (χ0n) is 13.4. The molecule has 2 aromatic rings. The maximum atomic E-state index is 12.5. The van der Waals surface area contributed by atoms with E-state index in [2.05, 4.69) is 4.98 Å². The number of imidazole rings is 1. The maximum absolute atomic E-state index is 12.5. The first-order valence-electron chi connectivity index (χ1n) is 7.86. The molecule has 0 unspecified atom stereocenters. The van der Waals surface area contributed by atoms with E-state index < -0.39 is 5.60 Å². The molecule has 0 radical (unpaired) electrons. The van der Waals surface area contributed by atoms with Gasteiger partial charge in [0.1, 0.15) is 24.5 Å². The van der Waals surface area contributed by atoms with E-state index in [4.69, 9.17) is 9.47 Å². The molecule has 0 aliphatic carbocycles. The van der Waals surface area contributed by atoms with Crippen LogP contribution in [0.5, 0.6) is 5.75 Å². The van der Waals surface area contributed by atoms with Crippen molar-refractivity contribution in [2.24, 2.45) is 0 Å². The molecule has 24 heavy (non-hydrogen) atoms. The van der Waals surface area contributed by atoms with Crippen LogP contribution in [0.1, 0.15) is 0 Å². The van der Waals surface area contributed by atoms with Crippen LogP contribution in [0.4, 0.5) is 0 Å². The summed E-state index contributed by atoms with van der Waals surface area (Å²) in [6, 6.07) is 9.27. The molecule has 3 rings (SSSR count). The highest BCUT2D eigenvalue weighted by atomic mass is 16.5. The number of carbonyl (C=O) groups is 1. The molecule has 0 bridgehead atoms. The molecule has 0 saturated carbocycles. The van der Waals surface area contributed by atoms with Crippen molar-refractivity contribution in [2.75, 3.05) is 32.9 Å². The molecule has 1 fully saturated rings. The minimum absolute atomic E-state index is 0.0614. The van der Waals surface area contributed by atoms with E-state index in [1.54, 1.807) is 28.2 Å². The van der Waals surface area contributed by atoms with Crippen molar-refractivity contribution < 1.29 is 19.4 Å². The summed E-state index contributed by atoms with van der Waals surface area (Å²) in [4.78, 5) is 18.0. The Morgan fingerprint density at radius 3 is 2.96 bits per heavy atom. The molecule has 1 N–H and O–H groups in total. The monoisotopic (exact) mass is 331 g/mol. The number of benzene rings is 1. The molecule has 1 atom stereocenters. The van der Waals surface area contributed by atoms with Gasteiger partial charge in [-0.2, -0.15) is 0 Å². The molecule has 7 nitrogen and oxygen atoms in total. The van der Waals surface area contributed by atoms with E-state index in [1.165, 1.54) is 0 Å². The summed E-state index contributed by atoms with van der Waals surface area (Å²) < 4.78 is 12.8.